The molecule has 4 nitrogen and oxygen atoms in total. The van der Waals surface area contributed by atoms with E-state index >= 15 is 0 Å². The SMILES string of the molecule is COC1CCN(c2nnc(Br)s2)C(C)C1. The summed E-state index contributed by atoms with van der Waals surface area (Å²) in [7, 11) is 1.79. The molecule has 1 aromatic heterocycles. The van der Waals surface area contributed by atoms with E-state index in [4.69, 9.17) is 4.74 Å². The largest absolute Gasteiger partial charge is 0.381 e. The van der Waals surface area contributed by atoms with Crippen molar-refractivity contribution < 1.29 is 4.74 Å². The van der Waals surface area contributed by atoms with Gasteiger partial charge >= 0.3 is 0 Å². The van der Waals surface area contributed by atoms with E-state index in [1.165, 1.54) is 0 Å². The van der Waals surface area contributed by atoms with Crippen molar-refractivity contribution >= 4 is 32.4 Å². The van der Waals surface area contributed by atoms with Crippen LogP contribution in [-0.4, -0.2) is 36.0 Å². The average molecular weight is 292 g/mol. The normalized spacial score (nSPS) is 27.0. The van der Waals surface area contributed by atoms with Crippen molar-refractivity contribution in [1.29, 1.82) is 0 Å². The Hall–Kier alpha value is -0.200. The van der Waals surface area contributed by atoms with Crippen molar-refractivity contribution in [1.82, 2.24) is 10.2 Å². The molecule has 0 bridgehead atoms. The number of anilines is 1. The van der Waals surface area contributed by atoms with Crippen molar-refractivity contribution in [3.8, 4) is 0 Å². The van der Waals surface area contributed by atoms with E-state index < -0.39 is 0 Å². The maximum Gasteiger partial charge on any atom is 0.209 e. The minimum atomic E-state index is 0.396. The lowest BCUT2D eigenvalue weighted by Gasteiger charge is -2.36. The van der Waals surface area contributed by atoms with Gasteiger partial charge in [0.05, 0.1) is 6.10 Å². The van der Waals surface area contributed by atoms with Crippen LogP contribution in [-0.2, 0) is 4.74 Å². The maximum atomic E-state index is 5.38. The first-order chi connectivity index (χ1) is 7.20. The number of halogens is 1. The minimum absolute atomic E-state index is 0.396. The van der Waals surface area contributed by atoms with Crippen molar-refractivity contribution in [2.24, 2.45) is 0 Å². The van der Waals surface area contributed by atoms with Crippen LogP contribution < -0.4 is 4.90 Å². The molecule has 1 aliphatic rings. The molecule has 0 N–H and O–H groups in total. The standard InChI is InChI=1S/C9H14BrN3OS/c1-6-5-7(14-2)3-4-13(6)9-12-11-8(10)15-9/h6-7H,3-5H2,1-2H3. The summed E-state index contributed by atoms with van der Waals surface area (Å²) in [4.78, 5) is 2.30. The Morgan fingerprint density at radius 2 is 2.33 bits per heavy atom. The molecule has 1 aliphatic heterocycles. The Morgan fingerprint density at radius 3 is 2.87 bits per heavy atom. The van der Waals surface area contributed by atoms with Crippen molar-refractivity contribution in [3.05, 3.63) is 3.92 Å². The predicted octanol–water partition coefficient (Wildman–Crippen LogP) is 2.30. The molecule has 1 aromatic rings. The van der Waals surface area contributed by atoms with E-state index in [1.54, 1.807) is 18.4 Å². The zero-order valence-corrected chi connectivity index (χ0v) is 11.2. The third-order valence-corrected chi connectivity index (χ3v) is 4.19. The van der Waals surface area contributed by atoms with Gasteiger partial charge in [-0.05, 0) is 35.7 Å². The zero-order valence-electron chi connectivity index (χ0n) is 8.81. The van der Waals surface area contributed by atoms with Gasteiger partial charge in [0.25, 0.3) is 0 Å². The van der Waals surface area contributed by atoms with Crippen LogP contribution in [0.2, 0.25) is 0 Å². The molecule has 2 rings (SSSR count). The Morgan fingerprint density at radius 1 is 1.53 bits per heavy atom. The molecule has 0 saturated carbocycles. The molecule has 1 fully saturated rings. The van der Waals surface area contributed by atoms with Gasteiger partial charge in [0.1, 0.15) is 0 Å². The van der Waals surface area contributed by atoms with Gasteiger partial charge in [-0.15, -0.1) is 10.2 Å². The van der Waals surface area contributed by atoms with Crippen molar-refractivity contribution in [2.45, 2.75) is 31.9 Å². The topological polar surface area (TPSA) is 38.2 Å². The van der Waals surface area contributed by atoms with Crippen LogP contribution in [0.4, 0.5) is 5.13 Å². The van der Waals surface area contributed by atoms with Crippen LogP contribution in [0.5, 0.6) is 0 Å². The van der Waals surface area contributed by atoms with Crippen LogP contribution in [0.25, 0.3) is 0 Å². The Labute approximate surface area is 102 Å². The number of rotatable bonds is 2. The highest BCUT2D eigenvalue weighted by atomic mass is 79.9. The lowest BCUT2D eigenvalue weighted by atomic mass is 10.0. The number of hydrogen-bond donors (Lipinski definition) is 0. The zero-order chi connectivity index (χ0) is 10.8. The van der Waals surface area contributed by atoms with E-state index in [0.717, 1.165) is 28.4 Å². The van der Waals surface area contributed by atoms with Gasteiger partial charge in [-0.2, -0.15) is 0 Å². The second kappa shape index (κ2) is 4.76. The molecule has 0 aromatic carbocycles. The molecule has 2 heterocycles. The van der Waals surface area contributed by atoms with Crippen LogP contribution in [0.3, 0.4) is 0 Å². The van der Waals surface area contributed by atoms with Crippen LogP contribution in [0.15, 0.2) is 3.92 Å². The molecule has 6 heteroatoms. The summed E-state index contributed by atoms with van der Waals surface area (Å²) in [6.45, 7) is 3.21. The number of piperidine rings is 1. The van der Waals surface area contributed by atoms with Gasteiger partial charge in [-0.1, -0.05) is 11.3 Å². The summed E-state index contributed by atoms with van der Waals surface area (Å²) in [6, 6.07) is 0.476. The number of methoxy groups -OCH3 is 1. The monoisotopic (exact) mass is 291 g/mol. The molecule has 84 valence electrons. The molecule has 0 radical (unpaired) electrons. The van der Waals surface area contributed by atoms with E-state index in [1.807, 2.05) is 0 Å². The van der Waals surface area contributed by atoms with Gasteiger partial charge < -0.3 is 9.64 Å². The lowest BCUT2D eigenvalue weighted by Crippen LogP contribution is -2.43. The summed E-state index contributed by atoms with van der Waals surface area (Å²) in [5.74, 6) is 0. The van der Waals surface area contributed by atoms with Gasteiger partial charge in [-0.3, -0.25) is 0 Å². The Kier molecular flexibility index (Phi) is 3.58. The van der Waals surface area contributed by atoms with E-state index in [9.17, 15) is 0 Å². The smallest absolute Gasteiger partial charge is 0.209 e. The fourth-order valence-corrected chi connectivity index (χ4v) is 3.16. The highest BCUT2D eigenvalue weighted by Crippen LogP contribution is 2.30. The van der Waals surface area contributed by atoms with Crippen LogP contribution in [0.1, 0.15) is 19.8 Å². The summed E-state index contributed by atoms with van der Waals surface area (Å²) >= 11 is 4.92. The molecule has 2 unspecified atom stereocenters. The number of aromatic nitrogens is 2. The summed E-state index contributed by atoms with van der Waals surface area (Å²) in [5, 5.41) is 9.13. The first kappa shape index (κ1) is 11.3. The number of ether oxygens (including phenoxy) is 1. The molecule has 15 heavy (non-hydrogen) atoms. The second-order valence-corrected chi connectivity index (χ2v) is 5.99. The third-order valence-electron chi connectivity index (χ3n) is 2.80. The van der Waals surface area contributed by atoms with Gasteiger partial charge in [-0.25, -0.2) is 0 Å². The first-order valence-electron chi connectivity index (χ1n) is 4.99. The maximum absolute atomic E-state index is 5.38. The van der Waals surface area contributed by atoms with Gasteiger partial charge in [0.15, 0.2) is 3.92 Å². The van der Waals surface area contributed by atoms with Crippen molar-refractivity contribution in [2.75, 3.05) is 18.6 Å². The quantitative estimate of drug-likeness (QED) is 0.838. The third kappa shape index (κ3) is 2.49. The lowest BCUT2D eigenvalue weighted by molar-refractivity contribution is 0.0721. The highest BCUT2D eigenvalue weighted by Gasteiger charge is 2.27. The summed E-state index contributed by atoms with van der Waals surface area (Å²) in [6.07, 6.45) is 2.53. The molecule has 0 amide bonds. The first-order valence-corrected chi connectivity index (χ1v) is 6.60. The van der Waals surface area contributed by atoms with E-state index in [2.05, 4.69) is 38.0 Å². The minimum Gasteiger partial charge on any atom is -0.381 e. The molecular formula is C9H14BrN3OS. The second-order valence-electron chi connectivity index (χ2n) is 3.76. The summed E-state index contributed by atoms with van der Waals surface area (Å²) < 4.78 is 6.23. The Bertz CT molecular complexity index is 333. The molecular weight excluding hydrogens is 278 g/mol. The fraction of sp³-hybridized carbons (Fsp3) is 0.778. The average Bonchev–Trinajstić information content (AvgIpc) is 2.64. The molecule has 0 aliphatic carbocycles. The number of nitrogens with zero attached hydrogens (tertiary/aromatic N) is 3. The van der Waals surface area contributed by atoms with Crippen molar-refractivity contribution in [3.63, 3.8) is 0 Å². The summed E-state index contributed by atoms with van der Waals surface area (Å²) in [5.41, 5.74) is 0. The van der Waals surface area contributed by atoms with Gasteiger partial charge in [0, 0.05) is 19.7 Å². The predicted molar refractivity (Wildman–Crippen MR) is 64.4 cm³/mol. The van der Waals surface area contributed by atoms with E-state index in [-0.39, 0.29) is 0 Å². The van der Waals surface area contributed by atoms with Gasteiger partial charge in [0.2, 0.25) is 5.13 Å². The Balaban J connectivity index is 2.05. The van der Waals surface area contributed by atoms with Crippen LogP contribution in [0, 0.1) is 0 Å². The van der Waals surface area contributed by atoms with E-state index in [0.29, 0.717) is 12.1 Å². The molecule has 1 saturated heterocycles. The molecule has 2 atom stereocenters. The van der Waals surface area contributed by atoms with Crippen LogP contribution >= 0.6 is 27.3 Å². The fourth-order valence-electron chi connectivity index (χ4n) is 1.94. The number of hydrogen-bond acceptors (Lipinski definition) is 5. The molecule has 0 spiro atoms. The highest BCUT2D eigenvalue weighted by molar-refractivity contribution is 9.11.